The van der Waals surface area contributed by atoms with Gasteiger partial charge in [0.2, 0.25) is 0 Å². The fraction of sp³-hybridized carbons (Fsp3) is 0.500. The van der Waals surface area contributed by atoms with Crippen LogP contribution in [-0.2, 0) is 5.41 Å². The van der Waals surface area contributed by atoms with Gasteiger partial charge in [0, 0.05) is 47.0 Å². The number of hydrogen-bond acceptors (Lipinski definition) is 3. The standard InChI is InChI=1S/C24H31N3O/c1-5-18(6-2)26-11-10-16(4)17-8-9-22-19(12-17)24(7-3)20(14-28-22)23(24)21-13-25-15-27-21/h8-13,15,18,20,23H,5-7,14H2,1-4H3,(H,25,27). The van der Waals surface area contributed by atoms with Crippen molar-refractivity contribution in [3.05, 3.63) is 53.6 Å². The molecule has 1 aromatic heterocycles. The minimum absolute atomic E-state index is 0.167. The third kappa shape index (κ3) is 2.99. The smallest absolute Gasteiger partial charge is 0.123 e. The van der Waals surface area contributed by atoms with Crippen molar-refractivity contribution in [1.82, 2.24) is 9.97 Å². The van der Waals surface area contributed by atoms with Crippen LogP contribution in [0.2, 0.25) is 0 Å². The number of hydrogen-bond donors (Lipinski definition) is 1. The number of fused-ring (bicyclic) bond motifs is 3. The lowest BCUT2D eigenvalue weighted by Gasteiger charge is -2.26. The molecule has 0 amide bonds. The Morgan fingerprint density at radius 3 is 2.86 bits per heavy atom. The number of H-pyrrole nitrogens is 1. The van der Waals surface area contributed by atoms with Crippen molar-refractivity contribution in [3.8, 4) is 5.75 Å². The third-order valence-electron chi connectivity index (χ3n) is 6.87. The summed E-state index contributed by atoms with van der Waals surface area (Å²) >= 11 is 0. The van der Waals surface area contributed by atoms with Gasteiger partial charge in [0.25, 0.3) is 0 Å². The van der Waals surface area contributed by atoms with Crippen molar-refractivity contribution in [2.45, 2.75) is 64.3 Å². The van der Waals surface area contributed by atoms with E-state index in [4.69, 9.17) is 4.74 Å². The van der Waals surface area contributed by atoms with Gasteiger partial charge in [-0.3, -0.25) is 4.99 Å². The highest BCUT2D eigenvalue weighted by Gasteiger charge is 2.68. The van der Waals surface area contributed by atoms with E-state index in [0.29, 0.717) is 17.9 Å². The van der Waals surface area contributed by atoms with Gasteiger partial charge in [-0.05, 0) is 55.5 Å². The maximum absolute atomic E-state index is 6.13. The zero-order valence-corrected chi connectivity index (χ0v) is 17.4. The highest BCUT2D eigenvalue weighted by molar-refractivity contribution is 5.84. The lowest BCUT2D eigenvalue weighted by molar-refractivity contribution is 0.256. The lowest BCUT2D eigenvalue weighted by atomic mass is 9.85. The zero-order valence-electron chi connectivity index (χ0n) is 17.4. The average Bonchev–Trinajstić information content (AvgIpc) is 3.10. The summed E-state index contributed by atoms with van der Waals surface area (Å²) in [5.74, 6) is 2.04. The van der Waals surface area contributed by atoms with Crippen LogP contribution in [0.25, 0.3) is 5.57 Å². The molecule has 1 aliphatic heterocycles. The van der Waals surface area contributed by atoms with Crippen molar-refractivity contribution < 1.29 is 4.74 Å². The minimum Gasteiger partial charge on any atom is -0.493 e. The number of aliphatic imine (C=N–C) groups is 1. The molecule has 148 valence electrons. The normalized spacial score (nSPS) is 26.2. The number of benzene rings is 1. The van der Waals surface area contributed by atoms with Crippen LogP contribution in [-0.4, -0.2) is 28.8 Å². The Labute approximate surface area is 168 Å². The molecule has 1 aromatic carbocycles. The van der Waals surface area contributed by atoms with Crippen LogP contribution in [0.15, 0.2) is 41.8 Å². The molecule has 4 nitrogen and oxygen atoms in total. The summed E-state index contributed by atoms with van der Waals surface area (Å²) in [6.45, 7) is 9.65. The molecule has 2 heterocycles. The van der Waals surface area contributed by atoms with E-state index in [0.717, 1.165) is 31.6 Å². The summed E-state index contributed by atoms with van der Waals surface area (Å²) < 4.78 is 6.13. The molecule has 3 unspecified atom stereocenters. The van der Waals surface area contributed by atoms with E-state index in [1.165, 1.54) is 22.4 Å². The van der Waals surface area contributed by atoms with E-state index in [1.54, 1.807) is 6.33 Å². The molecule has 0 spiro atoms. The Bertz CT molecular complexity index is 879. The molecule has 2 aliphatic rings. The number of aromatic amines is 1. The van der Waals surface area contributed by atoms with Crippen molar-refractivity contribution in [2.75, 3.05) is 6.61 Å². The molecule has 1 aliphatic carbocycles. The highest BCUT2D eigenvalue weighted by Crippen LogP contribution is 2.70. The van der Waals surface area contributed by atoms with E-state index < -0.39 is 0 Å². The second-order valence-corrected chi connectivity index (χ2v) is 8.13. The molecule has 1 fully saturated rings. The molecule has 0 bridgehead atoms. The predicted molar refractivity (Wildman–Crippen MR) is 115 cm³/mol. The number of aromatic nitrogens is 2. The van der Waals surface area contributed by atoms with Crippen LogP contribution in [0.4, 0.5) is 0 Å². The molecule has 4 rings (SSSR count). The molecule has 2 aromatic rings. The van der Waals surface area contributed by atoms with Gasteiger partial charge < -0.3 is 9.72 Å². The number of ether oxygens (including phenoxy) is 1. The van der Waals surface area contributed by atoms with Crippen LogP contribution in [0.3, 0.4) is 0 Å². The Balaban J connectivity index is 1.65. The van der Waals surface area contributed by atoms with Gasteiger partial charge in [0.05, 0.1) is 12.9 Å². The Hall–Kier alpha value is -2.36. The zero-order chi connectivity index (χ0) is 19.7. The first-order valence-electron chi connectivity index (χ1n) is 10.6. The second kappa shape index (κ2) is 7.57. The largest absolute Gasteiger partial charge is 0.493 e. The topological polar surface area (TPSA) is 50.3 Å². The third-order valence-corrected chi connectivity index (χ3v) is 6.87. The van der Waals surface area contributed by atoms with E-state index >= 15 is 0 Å². The first kappa shape index (κ1) is 19.0. The molecule has 1 N–H and O–H groups in total. The summed E-state index contributed by atoms with van der Waals surface area (Å²) in [4.78, 5) is 12.3. The van der Waals surface area contributed by atoms with Gasteiger partial charge >= 0.3 is 0 Å². The predicted octanol–water partition coefficient (Wildman–Crippen LogP) is 5.53. The van der Waals surface area contributed by atoms with E-state index in [-0.39, 0.29) is 5.41 Å². The van der Waals surface area contributed by atoms with Gasteiger partial charge in [-0.1, -0.05) is 26.8 Å². The molecular formula is C24H31N3O. The van der Waals surface area contributed by atoms with Crippen LogP contribution in [0, 0.1) is 5.92 Å². The fourth-order valence-corrected chi connectivity index (χ4v) is 5.05. The van der Waals surface area contributed by atoms with Crippen LogP contribution in [0.5, 0.6) is 5.75 Å². The molecular weight excluding hydrogens is 346 g/mol. The van der Waals surface area contributed by atoms with E-state index in [9.17, 15) is 0 Å². The quantitative estimate of drug-likeness (QED) is 0.645. The molecule has 4 heteroatoms. The number of nitrogens with zero attached hydrogens (tertiary/aromatic N) is 2. The monoisotopic (exact) mass is 377 g/mol. The Morgan fingerprint density at radius 2 is 2.18 bits per heavy atom. The van der Waals surface area contributed by atoms with Crippen LogP contribution in [0.1, 0.15) is 69.7 Å². The van der Waals surface area contributed by atoms with Crippen molar-refractivity contribution in [2.24, 2.45) is 10.9 Å². The highest BCUT2D eigenvalue weighted by atomic mass is 16.5. The molecule has 28 heavy (non-hydrogen) atoms. The number of imidazole rings is 1. The van der Waals surface area contributed by atoms with Gasteiger partial charge in [0.1, 0.15) is 5.75 Å². The molecule has 3 atom stereocenters. The maximum Gasteiger partial charge on any atom is 0.123 e. The van der Waals surface area contributed by atoms with E-state index in [2.05, 4.69) is 66.9 Å². The summed E-state index contributed by atoms with van der Waals surface area (Å²) in [6.07, 6.45) is 11.2. The van der Waals surface area contributed by atoms with Crippen LogP contribution >= 0.6 is 0 Å². The minimum atomic E-state index is 0.167. The first-order valence-corrected chi connectivity index (χ1v) is 10.6. The fourth-order valence-electron chi connectivity index (χ4n) is 5.05. The molecule has 1 saturated carbocycles. The summed E-state index contributed by atoms with van der Waals surface area (Å²) in [6, 6.07) is 7.09. The summed E-state index contributed by atoms with van der Waals surface area (Å²) in [5, 5.41) is 0. The number of rotatable bonds is 7. The van der Waals surface area contributed by atoms with Gasteiger partial charge in [-0.15, -0.1) is 0 Å². The van der Waals surface area contributed by atoms with Crippen molar-refractivity contribution in [1.29, 1.82) is 0 Å². The van der Waals surface area contributed by atoms with Gasteiger partial charge in [0.15, 0.2) is 0 Å². The van der Waals surface area contributed by atoms with Gasteiger partial charge in [-0.2, -0.15) is 0 Å². The van der Waals surface area contributed by atoms with E-state index in [1.807, 2.05) is 12.4 Å². The average molecular weight is 378 g/mol. The molecule has 0 saturated heterocycles. The van der Waals surface area contributed by atoms with Crippen molar-refractivity contribution in [3.63, 3.8) is 0 Å². The van der Waals surface area contributed by atoms with Crippen LogP contribution < -0.4 is 4.74 Å². The Kier molecular flexibility index (Phi) is 5.13. The second-order valence-electron chi connectivity index (χ2n) is 8.13. The lowest BCUT2D eigenvalue weighted by Crippen LogP contribution is -2.20. The number of nitrogens with one attached hydrogen (secondary N) is 1. The van der Waals surface area contributed by atoms with Gasteiger partial charge in [-0.25, -0.2) is 4.98 Å². The summed E-state index contributed by atoms with van der Waals surface area (Å²) in [7, 11) is 0. The number of allylic oxidation sites excluding steroid dienone is 2. The maximum atomic E-state index is 6.13. The Morgan fingerprint density at radius 1 is 1.36 bits per heavy atom. The first-order chi connectivity index (χ1) is 13.7. The molecule has 0 radical (unpaired) electrons. The summed E-state index contributed by atoms with van der Waals surface area (Å²) in [5.41, 5.74) is 5.25. The SMILES string of the molecule is CCC(CC)N=CC=C(C)c1ccc2c(c1)C1(CC)C(CO2)C1c1cnc[nH]1. The van der Waals surface area contributed by atoms with Crippen molar-refractivity contribution >= 4 is 11.8 Å².